The highest BCUT2D eigenvalue weighted by Gasteiger charge is 2.22. The van der Waals surface area contributed by atoms with Crippen LogP contribution in [0.15, 0.2) is 18.3 Å². The maximum atomic E-state index is 4.38. The molecule has 0 atom stereocenters. The number of hydrogen-bond acceptors (Lipinski definition) is 3. The van der Waals surface area contributed by atoms with Gasteiger partial charge in [-0.25, -0.2) is 0 Å². The number of piperidine rings is 1. The first-order valence-corrected chi connectivity index (χ1v) is 7.68. The fourth-order valence-corrected chi connectivity index (χ4v) is 3.12. The van der Waals surface area contributed by atoms with Crippen LogP contribution in [-0.4, -0.2) is 38.6 Å². The third-order valence-corrected chi connectivity index (χ3v) is 4.47. The maximum absolute atomic E-state index is 4.38. The van der Waals surface area contributed by atoms with Crippen molar-refractivity contribution in [1.29, 1.82) is 0 Å². The van der Waals surface area contributed by atoms with Crippen LogP contribution in [0, 0.1) is 12.8 Å². The second-order valence-corrected chi connectivity index (χ2v) is 6.33. The van der Waals surface area contributed by atoms with Crippen LogP contribution in [0.2, 0.25) is 0 Å². The Labute approximate surface area is 120 Å². The molecule has 3 rings (SSSR count). The first kappa shape index (κ1) is 13.6. The maximum Gasteiger partial charge on any atom is 0.160 e. The standard InChI is InChI=1S/C16H24N4/c1-12(2)19-8-6-14(7-9-19)10-16-18-17-15-5-4-13(3)11-20(15)16/h4-5,11-12,14H,6-10H2,1-3H3. The number of aromatic nitrogens is 3. The van der Waals surface area contributed by atoms with Crippen LogP contribution in [0.5, 0.6) is 0 Å². The lowest BCUT2D eigenvalue weighted by Gasteiger charge is -2.34. The molecule has 20 heavy (non-hydrogen) atoms. The van der Waals surface area contributed by atoms with Crippen molar-refractivity contribution < 1.29 is 0 Å². The van der Waals surface area contributed by atoms with E-state index in [1.54, 1.807) is 0 Å². The third-order valence-electron chi connectivity index (χ3n) is 4.47. The molecule has 0 saturated carbocycles. The van der Waals surface area contributed by atoms with Crippen molar-refractivity contribution in [2.45, 2.75) is 46.1 Å². The molecule has 0 spiro atoms. The molecule has 0 amide bonds. The van der Waals surface area contributed by atoms with Crippen LogP contribution in [0.4, 0.5) is 0 Å². The molecule has 1 aliphatic heterocycles. The summed E-state index contributed by atoms with van der Waals surface area (Å²) >= 11 is 0. The summed E-state index contributed by atoms with van der Waals surface area (Å²) in [6, 6.07) is 4.81. The van der Waals surface area contributed by atoms with Gasteiger partial charge in [-0.2, -0.15) is 0 Å². The summed E-state index contributed by atoms with van der Waals surface area (Å²) in [5.74, 6) is 1.87. The van der Waals surface area contributed by atoms with Gasteiger partial charge >= 0.3 is 0 Å². The highest BCUT2D eigenvalue weighted by molar-refractivity contribution is 5.39. The molecule has 1 fully saturated rings. The molecule has 0 aromatic carbocycles. The Morgan fingerprint density at radius 3 is 2.65 bits per heavy atom. The van der Waals surface area contributed by atoms with Crippen molar-refractivity contribution in [2.24, 2.45) is 5.92 Å². The normalized spacial score (nSPS) is 18.2. The van der Waals surface area contributed by atoms with Gasteiger partial charge in [-0.3, -0.25) is 4.40 Å². The predicted molar refractivity (Wildman–Crippen MR) is 80.9 cm³/mol. The van der Waals surface area contributed by atoms with Gasteiger partial charge in [-0.1, -0.05) is 6.07 Å². The Kier molecular flexibility index (Phi) is 3.74. The summed E-state index contributed by atoms with van der Waals surface area (Å²) in [4.78, 5) is 2.57. The van der Waals surface area contributed by atoms with Crippen molar-refractivity contribution in [3.63, 3.8) is 0 Å². The summed E-state index contributed by atoms with van der Waals surface area (Å²) in [6.07, 6.45) is 5.75. The van der Waals surface area contributed by atoms with Crippen LogP contribution >= 0.6 is 0 Å². The smallest absolute Gasteiger partial charge is 0.160 e. The fraction of sp³-hybridized carbons (Fsp3) is 0.625. The van der Waals surface area contributed by atoms with E-state index in [0.29, 0.717) is 6.04 Å². The molecular formula is C16H24N4. The van der Waals surface area contributed by atoms with Crippen LogP contribution < -0.4 is 0 Å². The molecular weight excluding hydrogens is 248 g/mol. The zero-order valence-corrected chi connectivity index (χ0v) is 12.7. The molecule has 3 heterocycles. The minimum atomic E-state index is 0.674. The molecule has 1 aliphatic rings. The molecule has 108 valence electrons. The molecule has 4 nitrogen and oxygen atoms in total. The molecule has 0 bridgehead atoms. The largest absolute Gasteiger partial charge is 0.301 e. The first-order valence-electron chi connectivity index (χ1n) is 7.68. The average Bonchev–Trinajstić information content (AvgIpc) is 2.82. The number of aryl methyl sites for hydroxylation is 1. The summed E-state index contributed by atoms with van der Waals surface area (Å²) in [6.45, 7) is 9.13. The molecule has 2 aromatic rings. The van der Waals surface area contributed by atoms with Crippen molar-refractivity contribution in [3.05, 3.63) is 29.7 Å². The van der Waals surface area contributed by atoms with E-state index in [9.17, 15) is 0 Å². The number of pyridine rings is 1. The highest BCUT2D eigenvalue weighted by atomic mass is 15.2. The van der Waals surface area contributed by atoms with Gasteiger partial charge in [0.15, 0.2) is 5.65 Å². The van der Waals surface area contributed by atoms with Crippen molar-refractivity contribution >= 4 is 5.65 Å². The fourth-order valence-electron chi connectivity index (χ4n) is 3.12. The second kappa shape index (κ2) is 5.52. The van der Waals surface area contributed by atoms with E-state index in [4.69, 9.17) is 0 Å². The van der Waals surface area contributed by atoms with Gasteiger partial charge in [0.25, 0.3) is 0 Å². The molecule has 0 N–H and O–H groups in total. The Morgan fingerprint density at radius 2 is 1.95 bits per heavy atom. The van der Waals surface area contributed by atoms with Crippen molar-refractivity contribution in [2.75, 3.05) is 13.1 Å². The van der Waals surface area contributed by atoms with Gasteiger partial charge in [0.1, 0.15) is 5.82 Å². The lowest BCUT2D eigenvalue weighted by atomic mass is 9.92. The van der Waals surface area contributed by atoms with E-state index in [2.05, 4.69) is 52.5 Å². The summed E-state index contributed by atoms with van der Waals surface area (Å²) in [5, 5.41) is 8.66. The topological polar surface area (TPSA) is 33.4 Å². The van der Waals surface area contributed by atoms with Crippen LogP contribution in [0.3, 0.4) is 0 Å². The van der Waals surface area contributed by atoms with E-state index >= 15 is 0 Å². The zero-order chi connectivity index (χ0) is 14.1. The lowest BCUT2D eigenvalue weighted by molar-refractivity contribution is 0.148. The van der Waals surface area contributed by atoms with Crippen LogP contribution in [0.25, 0.3) is 5.65 Å². The first-order chi connectivity index (χ1) is 9.63. The van der Waals surface area contributed by atoms with Gasteiger partial charge in [0.2, 0.25) is 0 Å². The molecule has 2 aromatic heterocycles. The van der Waals surface area contributed by atoms with Gasteiger partial charge in [0, 0.05) is 18.7 Å². The van der Waals surface area contributed by atoms with E-state index in [1.807, 2.05) is 6.07 Å². The molecule has 4 heteroatoms. The Hall–Kier alpha value is -1.42. The van der Waals surface area contributed by atoms with E-state index in [0.717, 1.165) is 23.8 Å². The third kappa shape index (κ3) is 2.70. The van der Waals surface area contributed by atoms with Crippen LogP contribution in [-0.2, 0) is 6.42 Å². The minimum absolute atomic E-state index is 0.674. The highest BCUT2D eigenvalue weighted by Crippen LogP contribution is 2.22. The quantitative estimate of drug-likeness (QED) is 0.861. The van der Waals surface area contributed by atoms with E-state index in [1.165, 1.54) is 31.5 Å². The lowest BCUT2D eigenvalue weighted by Crippen LogP contribution is -2.39. The van der Waals surface area contributed by atoms with Crippen LogP contribution in [0.1, 0.15) is 38.1 Å². The minimum Gasteiger partial charge on any atom is -0.301 e. The van der Waals surface area contributed by atoms with Gasteiger partial charge in [-0.05, 0) is 64.3 Å². The Balaban J connectivity index is 1.70. The second-order valence-electron chi connectivity index (χ2n) is 6.33. The van der Waals surface area contributed by atoms with Crippen molar-refractivity contribution in [3.8, 4) is 0 Å². The molecule has 0 unspecified atom stereocenters. The summed E-state index contributed by atoms with van der Waals surface area (Å²) in [7, 11) is 0. The monoisotopic (exact) mass is 272 g/mol. The molecule has 1 saturated heterocycles. The molecule has 0 aliphatic carbocycles. The Bertz CT molecular complexity index is 579. The summed E-state index contributed by atoms with van der Waals surface area (Å²) in [5.41, 5.74) is 2.22. The predicted octanol–water partition coefficient (Wildman–Crippen LogP) is 2.70. The summed E-state index contributed by atoms with van der Waals surface area (Å²) < 4.78 is 2.16. The molecule has 0 radical (unpaired) electrons. The van der Waals surface area contributed by atoms with Gasteiger partial charge in [0.05, 0.1) is 0 Å². The zero-order valence-electron chi connectivity index (χ0n) is 12.7. The number of nitrogens with zero attached hydrogens (tertiary/aromatic N) is 4. The number of hydrogen-bond donors (Lipinski definition) is 0. The number of likely N-dealkylation sites (tertiary alicyclic amines) is 1. The van der Waals surface area contributed by atoms with Crippen molar-refractivity contribution in [1.82, 2.24) is 19.5 Å². The Morgan fingerprint density at radius 1 is 1.20 bits per heavy atom. The van der Waals surface area contributed by atoms with E-state index < -0.39 is 0 Å². The average molecular weight is 272 g/mol. The number of rotatable bonds is 3. The van der Waals surface area contributed by atoms with Gasteiger partial charge < -0.3 is 4.90 Å². The van der Waals surface area contributed by atoms with E-state index in [-0.39, 0.29) is 0 Å². The number of fused-ring (bicyclic) bond motifs is 1. The SMILES string of the molecule is Cc1ccc2nnc(CC3CCN(C(C)C)CC3)n2c1. The van der Waals surface area contributed by atoms with Gasteiger partial charge in [-0.15, -0.1) is 10.2 Å².